The van der Waals surface area contributed by atoms with E-state index < -0.39 is 0 Å². The van der Waals surface area contributed by atoms with E-state index in [0.717, 1.165) is 55.6 Å². The molecule has 0 bridgehead atoms. The van der Waals surface area contributed by atoms with Crippen molar-refractivity contribution in [3.8, 4) is 0 Å². The topological polar surface area (TPSA) is 59.7 Å². The molecule has 0 aromatic carbocycles. The van der Waals surface area contributed by atoms with Crippen LogP contribution in [-0.2, 0) is 6.54 Å². The van der Waals surface area contributed by atoms with Gasteiger partial charge in [0.05, 0.1) is 12.2 Å². The SMILES string of the molecule is Cc1ccnc(N2CCC(c3nccn3Cc3ccccn3)CC2)n1. The molecule has 0 N–H and O–H groups in total. The van der Waals surface area contributed by atoms with E-state index in [0.29, 0.717) is 5.92 Å². The lowest BCUT2D eigenvalue weighted by Gasteiger charge is -2.32. The van der Waals surface area contributed by atoms with Crippen molar-refractivity contribution < 1.29 is 0 Å². The monoisotopic (exact) mass is 334 g/mol. The van der Waals surface area contributed by atoms with Crippen LogP contribution in [0.15, 0.2) is 49.1 Å². The highest BCUT2D eigenvalue weighted by molar-refractivity contribution is 5.31. The summed E-state index contributed by atoms with van der Waals surface area (Å²) in [5, 5.41) is 0. The normalized spacial score (nSPS) is 15.5. The van der Waals surface area contributed by atoms with Crippen LogP contribution in [0.5, 0.6) is 0 Å². The molecule has 1 aliphatic heterocycles. The first-order valence-corrected chi connectivity index (χ1v) is 8.75. The third-order valence-corrected chi connectivity index (χ3v) is 4.73. The molecule has 0 aliphatic carbocycles. The van der Waals surface area contributed by atoms with Crippen molar-refractivity contribution in [3.63, 3.8) is 0 Å². The Kier molecular flexibility index (Phi) is 4.41. The molecule has 0 saturated carbocycles. The molecule has 0 amide bonds. The number of imidazole rings is 1. The molecule has 1 saturated heterocycles. The van der Waals surface area contributed by atoms with Crippen LogP contribution < -0.4 is 4.90 Å². The first-order valence-electron chi connectivity index (χ1n) is 8.75. The lowest BCUT2D eigenvalue weighted by molar-refractivity contribution is 0.465. The number of anilines is 1. The molecule has 0 atom stereocenters. The van der Waals surface area contributed by atoms with Crippen molar-refractivity contribution in [2.75, 3.05) is 18.0 Å². The maximum atomic E-state index is 4.63. The van der Waals surface area contributed by atoms with Crippen molar-refractivity contribution in [2.24, 2.45) is 0 Å². The molecule has 0 unspecified atom stereocenters. The van der Waals surface area contributed by atoms with E-state index in [-0.39, 0.29) is 0 Å². The number of aromatic nitrogens is 5. The van der Waals surface area contributed by atoms with Crippen LogP contribution in [0.4, 0.5) is 5.95 Å². The minimum atomic E-state index is 0.472. The number of piperidine rings is 1. The summed E-state index contributed by atoms with van der Waals surface area (Å²) in [4.78, 5) is 20.3. The Balaban J connectivity index is 1.44. The van der Waals surface area contributed by atoms with Gasteiger partial charge in [0, 0.05) is 49.5 Å². The van der Waals surface area contributed by atoms with Gasteiger partial charge in [-0.15, -0.1) is 0 Å². The number of pyridine rings is 1. The zero-order valence-corrected chi connectivity index (χ0v) is 14.4. The molecule has 1 aliphatic rings. The third kappa shape index (κ3) is 3.52. The average molecular weight is 334 g/mol. The van der Waals surface area contributed by atoms with Crippen molar-refractivity contribution in [1.29, 1.82) is 0 Å². The van der Waals surface area contributed by atoms with Gasteiger partial charge in [-0.2, -0.15) is 0 Å². The fraction of sp³-hybridized carbons (Fsp3) is 0.368. The van der Waals surface area contributed by atoms with Crippen LogP contribution in [0.3, 0.4) is 0 Å². The zero-order valence-electron chi connectivity index (χ0n) is 14.4. The van der Waals surface area contributed by atoms with Crippen molar-refractivity contribution in [2.45, 2.75) is 32.2 Å². The summed E-state index contributed by atoms with van der Waals surface area (Å²) in [6.45, 7) is 4.71. The van der Waals surface area contributed by atoms with Crippen LogP contribution in [0.1, 0.15) is 36.0 Å². The van der Waals surface area contributed by atoms with E-state index in [4.69, 9.17) is 0 Å². The Labute approximate surface area is 147 Å². The standard InChI is InChI=1S/C19H22N6/c1-15-5-9-22-19(23-15)24-11-6-16(7-12-24)18-21-10-13-25(18)14-17-4-2-3-8-20-17/h2-5,8-10,13,16H,6-7,11-12,14H2,1H3. The molecule has 128 valence electrons. The van der Waals surface area contributed by atoms with Crippen molar-refractivity contribution in [1.82, 2.24) is 24.5 Å². The lowest BCUT2D eigenvalue weighted by atomic mass is 9.96. The third-order valence-electron chi connectivity index (χ3n) is 4.73. The average Bonchev–Trinajstić information content (AvgIpc) is 3.11. The maximum absolute atomic E-state index is 4.63. The minimum Gasteiger partial charge on any atom is -0.341 e. The number of hydrogen-bond donors (Lipinski definition) is 0. The second-order valence-corrected chi connectivity index (χ2v) is 6.49. The van der Waals surface area contributed by atoms with Gasteiger partial charge in [0.25, 0.3) is 0 Å². The lowest BCUT2D eigenvalue weighted by Crippen LogP contribution is -2.35. The molecule has 0 radical (unpaired) electrons. The summed E-state index contributed by atoms with van der Waals surface area (Å²) in [5.41, 5.74) is 2.07. The summed E-state index contributed by atoms with van der Waals surface area (Å²) in [6, 6.07) is 7.97. The van der Waals surface area contributed by atoms with Gasteiger partial charge in [0.2, 0.25) is 5.95 Å². The van der Waals surface area contributed by atoms with E-state index in [2.05, 4.69) is 41.7 Å². The summed E-state index contributed by atoms with van der Waals surface area (Å²) in [7, 11) is 0. The highest BCUT2D eigenvalue weighted by atomic mass is 15.3. The van der Waals surface area contributed by atoms with Gasteiger partial charge in [0.1, 0.15) is 5.82 Å². The molecule has 1 fully saturated rings. The number of rotatable bonds is 4. The second kappa shape index (κ2) is 7.01. The maximum Gasteiger partial charge on any atom is 0.225 e. The zero-order chi connectivity index (χ0) is 17.1. The molecular formula is C19H22N6. The van der Waals surface area contributed by atoms with E-state index in [1.165, 1.54) is 0 Å². The molecule has 4 heterocycles. The fourth-order valence-corrected chi connectivity index (χ4v) is 3.41. The smallest absolute Gasteiger partial charge is 0.225 e. The van der Waals surface area contributed by atoms with Crippen LogP contribution in [0, 0.1) is 6.92 Å². The molecule has 25 heavy (non-hydrogen) atoms. The predicted molar refractivity (Wildman–Crippen MR) is 96.5 cm³/mol. The Morgan fingerprint density at radius 3 is 2.64 bits per heavy atom. The Morgan fingerprint density at radius 1 is 1.00 bits per heavy atom. The highest BCUT2D eigenvalue weighted by Crippen LogP contribution is 2.28. The van der Waals surface area contributed by atoms with E-state index >= 15 is 0 Å². The first-order chi connectivity index (χ1) is 12.3. The Hall–Kier alpha value is -2.76. The first kappa shape index (κ1) is 15.7. The van der Waals surface area contributed by atoms with Crippen LogP contribution in [0.25, 0.3) is 0 Å². The predicted octanol–water partition coefficient (Wildman–Crippen LogP) is 2.81. The molecule has 0 spiro atoms. The molecule has 4 rings (SSSR count). The Morgan fingerprint density at radius 2 is 1.88 bits per heavy atom. The molecule has 3 aromatic rings. The van der Waals surface area contributed by atoms with Gasteiger partial charge in [-0.1, -0.05) is 6.07 Å². The van der Waals surface area contributed by atoms with Gasteiger partial charge in [-0.05, 0) is 38.0 Å². The quantitative estimate of drug-likeness (QED) is 0.734. The van der Waals surface area contributed by atoms with Gasteiger partial charge in [-0.25, -0.2) is 15.0 Å². The summed E-state index contributed by atoms with van der Waals surface area (Å²) in [5.74, 6) is 2.48. The molecular weight excluding hydrogens is 312 g/mol. The van der Waals surface area contributed by atoms with Gasteiger partial charge < -0.3 is 9.47 Å². The highest BCUT2D eigenvalue weighted by Gasteiger charge is 2.25. The Bertz CT molecular complexity index is 821. The summed E-state index contributed by atoms with van der Waals surface area (Å²) < 4.78 is 2.23. The summed E-state index contributed by atoms with van der Waals surface area (Å²) >= 11 is 0. The van der Waals surface area contributed by atoms with Crippen molar-refractivity contribution >= 4 is 5.95 Å². The number of hydrogen-bond acceptors (Lipinski definition) is 5. The van der Waals surface area contributed by atoms with Crippen LogP contribution in [0.2, 0.25) is 0 Å². The number of aryl methyl sites for hydroxylation is 1. The van der Waals surface area contributed by atoms with E-state index in [1.54, 1.807) is 0 Å². The van der Waals surface area contributed by atoms with Gasteiger partial charge >= 0.3 is 0 Å². The number of nitrogens with zero attached hydrogens (tertiary/aromatic N) is 6. The van der Waals surface area contributed by atoms with Crippen LogP contribution >= 0.6 is 0 Å². The van der Waals surface area contributed by atoms with Crippen molar-refractivity contribution in [3.05, 3.63) is 66.3 Å². The van der Waals surface area contributed by atoms with Gasteiger partial charge in [0.15, 0.2) is 0 Å². The molecule has 6 nitrogen and oxygen atoms in total. The fourth-order valence-electron chi connectivity index (χ4n) is 3.41. The van der Waals surface area contributed by atoms with Crippen LogP contribution in [-0.4, -0.2) is 37.6 Å². The van der Waals surface area contributed by atoms with E-state index in [1.807, 2.05) is 43.7 Å². The van der Waals surface area contributed by atoms with E-state index in [9.17, 15) is 0 Å². The van der Waals surface area contributed by atoms with Gasteiger partial charge in [-0.3, -0.25) is 4.98 Å². The second-order valence-electron chi connectivity index (χ2n) is 6.49. The summed E-state index contributed by atoms with van der Waals surface area (Å²) in [6.07, 6.45) is 9.76. The molecule has 6 heteroatoms. The largest absolute Gasteiger partial charge is 0.341 e. The minimum absolute atomic E-state index is 0.472. The molecule has 3 aromatic heterocycles.